The van der Waals surface area contributed by atoms with Crippen LogP contribution in [-0.2, 0) is 11.3 Å². The Morgan fingerprint density at radius 2 is 1.82 bits per heavy atom. The molecule has 5 rings (SSSR count). The van der Waals surface area contributed by atoms with E-state index in [1.165, 1.54) is 0 Å². The third-order valence-electron chi connectivity index (χ3n) is 5.73. The number of phenolic OH excluding ortho intramolecular Hbond substituents is 1. The Kier molecular flexibility index (Phi) is 5.38. The van der Waals surface area contributed by atoms with Crippen LogP contribution in [0.3, 0.4) is 0 Å². The minimum Gasteiger partial charge on any atom is -0.508 e. The molecule has 0 unspecified atom stereocenters. The van der Waals surface area contributed by atoms with E-state index in [2.05, 4.69) is 0 Å². The molecule has 0 saturated carbocycles. The molecule has 0 saturated heterocycles. The van der Waals surface area contributed by atoms with E-state index in [0.29, 0.717) is 34.3 Å². The SMILES string of the molecule is CCOC(=O)c1c(-c2ccc(C)cc2)c2cc(O)ccc2n1Cc1cc2c(cc1Cl)OCO2. The number of aromatic nitrogens is 1. The van der Waals surface area contributed by atoms with Gasteiger partial charge >= 0.3 is 5.97 Å². The number of aryl methyl sites for hydroxylation is 1. The minimum absolute atomic E-state index is 0.115. The van der Waals surface area contributed by atoms with Gasteiger partial charge in [-0.25, -0.2) is 4.79 Å². The van der Waals surface area contributed by atoms with Gasteiger partial charge in [0, 0.05) is 27.6 Å². The van der Waals surface area contributed by atoms with Crippen LogP contribution in [0.4, 0.5) is 0 Å². The third-order valence-corrected chi connectivity index (χ3v) is 6.08. The van der Waals surface area contributed by atoms with Gasteiger partial charge in [-0.15, -0.1) is 0 Å². The molecule has 1 aliphatic rings. The van der Waals surface area contributed by atoms with Crippen molar-refractivity contribution in [1.82, 2.24) is 4.57 Å². The highest BCUT2D eigenvalue weighted by atomic mass is 35.5. The fourth-order valence-electron chi connectivity index (χ4n) is 4.18. The van der Waals surface area contributed by atoms with Gasteiger partial charge in [0.2, 0.25) is 6.79 Å². The fraction of sp³-hybridized carbons (Fsp3) is 0.192. The van der Waals surface area contributed by atoms with Gasteiger partial charge in [0.15, 0.2) is 11.5 Å². The Hall–Kier alpha value is -3.64. The van der Waals surface area contributed by atoms with Gasteiger partial charge in [-0.3, -0.25) is 0 Å². The van der Waals surface area contributed by atoms with E-state index >= 15 is 0 Å². The molecule has 1 N–H and O–H groups in total. The molecular weight excluding hydrogens is 442 g/mol. The first-order valence-electron chi connectivity index (χ1n) is 10.6. The van der Waals surface area contributed by atoms with Crippen LogP contribution in [0, 0.1) is 6.92 Å². The summed E-state index contributed by atoms with van der Waals surface area (Å²) < 4.78 is 18.3. The van der Waals surface area contributed by atoms with E-state index in [9.17, 15) is 9.90 Å². The summed E-state index contributed by atoms with van der Waals surface area (Å²) in [5.74, 6) is 0.877. The van der Waals surface area contributed by atoms with Crippen LogP contribution >= 0.6 is 11.6 Å². The van der Waals surface area contributed by atoms with Crippen molar-refractivity contribution in [2.45, 2.75) is 20.4 Å². The quantitative estimate of drug-likeness (QED) is 0.371. The summed E-state index contributed by atoms with van der Waals surface area (Å²) in [6, 6.07) is 16.5. The summed E-state index contributed by atoms with van der Waals surface area (Å²) in [6.07, 6.45) is 0. The van der Waals surface area contributed by atoms with Crippen LogP contribution in [0.15, 0.2) is 54.6 Å². The second-order valence-corrected chi connectivity index (χ2v) is 8.30. The van der Waals surface area contributed by atoms with Crippen LogP contribution in [0.1, 0.15) is 28.5 Å². The van der Waals surface area contributed by atoms with E-state index in [1.54, 1.807) is 31.2 Å². The lowest BCUT2D eigenvalue weighted by Crippen LogP contribution is -2.14. The highest BCUT2D eigenvalue weighted by molar-refractivity contribution is 6.31. The first-order chi connectivity index (χ1) is 16.0. The van der Waals surface area contributed by atoms with E-state index in [4.69, 9.17) is 25.8 Å². The van der Waals surface area contributed by atoms with Crippen molar-refractivity contribution in [2.24, 2.45) is 0 Å². The molecule has 0 atom stereocenters. The maximum atomic E-state index is 13.3. The Bertz CT molecular complexity index is 1370. The van der Waals surface area contributed by atoms with Gasteiger partial charge in [-0.05, 0) is 49.2 Å². The predicted octanol–water partition coefficient (Wildman–Crippen LogP) is 5.93. The number of esters is 1. The van der Waals surface area contributed by atoms with Crippen molar-refractivity contribution in [3.63, 3.8) is 0 Å². The lowest BCUT2D eigenvalue weighted by atomic mass is 10.0. The zero-order valence-electron chi connectivity index (χ0n) is 18.2. The number of carbonyl (C=O) groups excluding carboxylic acids is 1. The lowest BCUT2D eigenvalue weighted by molar-refractivity contribution is 0.0516. The van der Waals surface area contributed by atoms with Crippen LogP contribution < -0.4 is 9.47 Å². The molecule has 2 heterocycles. The number of benzene rings is 3. The number of hydrogen-bond donors (Lipinski definition) is 1. The van der Waals surface area contributed by atoms with Crippen molar-refractivity contribution < 1.29 is 24.1 Å². The summed E-state index contributed by atoms with van der Waals surface area (Å²) in [5, 5.41) is 11.5. The molecule has 168 valence electrons. The van der Waals surface area contributed by atoms with Gasteiger partial charge in [0.05, 0.1) is 13.2 Å². The van der Waals surface area contributed by atoms with E-state index in [1.807, 2.05) is 41.8 Å². The minimum atomic E-state index is -0.444. The summed E-state index contributed by atoms with van der Waals surface area (Å²) in [7, 11) is 0. The molecular formula is C26H22ClNO5. The maximum absolute atomic E-state index is 13.3. The highest BCUT2D eigenvalue weighted by Gasteiger charge is 2.26. The average molecular weight is 464 g/mol. The molecule has 4 aromatic rings. The molecule has 6 nitrogen and oxygen atoms in total. The summed E-state index contributed by atoms with van der Waals surface area (Å²) in [5.41, 5.74) is 4.61. The number of aromatic hydroxyl groups is 1. The summed E-state index contributed by atoms with van der Waals surface area (Å²) in [4.78, 5) is 13.3. The molecule has 0 spiro atoms. The van der Waals surface area contributed by atoms with Gasteiger partial charge in [0.25, 0.3) is 0 Å². The van der Waals surface area contributed by atoms with Gasteiger partial charge in [-0.2, -0.15) is 0 Å². The highest BCUT2D eigenvalue weighted by Crippen LogP contribution is 2.40. The Morgan fingerprint density at radius 1 is 1.09 bits per heavy atom. The second kappa shape index (κ2) is 8.37. The van der Waals surface area contributed by atoms with Crippen molar-refractivity contribution in [3.8, 4) is 28.4 Å². The van der Waals surface area contributed by atoms with Crippen molar-refractivity contribution in [1.29, 1.82) is 0 Å². The smallest absolute Gasteiger partial charge is 0.355 e. The van der Waals surface area contributed by atoms with Crippen molar-refractivity contribution in [2.75, 3.05) is 13.4 Å². The number of rotatable bonds is 5. The van der Waals surface area contributed by atoms with Crippen molar-refractivity contribution in [3.05, 3.63) is 76.4 Å². The lowest BCUT2D eigenvalue weighted by Gasteiger charge is -2.13. The van der Waals surface area contributed by atoms with Gasteiger partial charge in [0.1, 0.15) is 11.4 Å². The largest absolute Gasteiger partial charge is 0.508 e. The number of nitrogens with zero attached hydrogens (tertiary/aromatic N) is 1. The molecule has 33 heavy (non-hydrogen) atoms. The Labute approximate surface area is 195 Å². The Morgan fingerprint density at radius 3 is 2.55 bits per heavy atom. The average Bonchev–Trinajstić information content (AvgIpc) is 3.36. The number of carbonyl (C=O) groups is 1. The molecule has 1 aliphatic heterocycles. The number of halogens is 1. The zero-order valence-corrected chi connectivity index (χ0v) is 19.0. The molecule has 7 heteroatoms. The third kappa shape index (κ3) is 3.76. The summed E-state index contributed by atoms with van der Waals surface area (Å²) >= 11 is 6.56. The van der Waals surface area contributed by atoms with Gasteiger partial charge < -0.3 is 23.9 Å². The standard InChI is InChI=1S/C26H22ClNO5/c1-3-31-26(30)25-24(16-6-4-15(2)5-7-16)19-11-18(29)8-9-21(19)28(25)13-17-10-22-23(12-20(17)27)33-14-32-22/h4-12,29H,3,13-14H2,1-2H3. The van der Waals surface area contributed by atoms with E-state index in [-0.39, 0.29) is 19.1 Å². The van der Waals surface area contributed by atoms with Crippen molar-refractivity contribution >= 4 is 28.5 Å². The molecule has 0 amide bonds. The predicted molar refractivity (Wildman–Crippen MR) is 126 cm³/mol. The first-order valence-corrected chi connectivity index (χ1v) is 11.0. The Balaban J connectivity index is 1.77. The second-order valence-electron chi connectivity index (χ2n) is 7.89. The van der Waals surface area contributed by atoms with E-state index < -0.39 is 5.97 Å². The van der Waals surface area contributed by atoms with Gasteiger partial charge in [-0.1, -0.05) is 41.4 Å². The number of hydrogen-bond acceptors (Lipinski definition) is 5. The maximum Gasteiger partial charge on any atom is 0.355 e. The van der Waals surface area contributed by atoms with Crippen LogP contribution in [0.5, 0.6) is 17.2 Å². The van der Waals surface area contributed by atoms with E-state index in [0.717, 1.165) is 27.6 Å². The van der Waals surface area contributed by atoms with Crippen LogP contribution in [-0.4, -0.2) is 29.0 Å². The molecule has 3 aromatic carbocycles. The normalized spacial score (nSPS) is 12.3. The fourth-order valence-corrected chi connectivity index (χ4v) is 4.40. The molecule has 0 bridgehead atoms. The first kappa shape index (κ1) is 21.2. The summed E-state index contributed by atoms with van der Waals surface area (Å²) in [6.45, 7) is 4.47. The number of ether oxygens (including phenoxy) is 3. The number of phenols is 1. The van der Waals surface area contributed by atoms with Crippen LogP contribution in [0.25, 0.3) is 22.0 Å². The molecule has 0 radical (unpaired) electrons. The van der Waals surface area contributed by atoms with Crippen LogP contribution in [0.2, 0.25) is 5.02 Å². The molecule has 0 aliphatic carbocycles. The zero-order chi connectivity index (χ0) is 23.1. The topological polar surface area (TPSA) is 69.9 Å². The molecule has 1 aromatic heterocycles. The molecule has 0 fully saturated rings. The monoisotopic (exact) mass is 463 g/mol. The number of fused-ring (bicyclic) bond motifs is 2.